The van der Waals surface area contributed by atoms with Gasteiger partial charge in [0.25, 0.3) is 5.91 Å². The zero-order valence-electron chi connectivity index (χ0n) is 12.3. The normalized spacial score (nSPS) is 11.5. The van der Waals surface area contributed by atoms with Gasteiger partial charge in [0.15, 0.2) is 18.1 Å². The van der Waals surface area contributed by atoms with E-state index in [9.17, 15) is 9.59 Å². The average Bonchev–Trinajstić information content (AvgIpc) is 2.46. The molecule has 0 aliphatic carbocycles. The van der Waals surface area contributed by atoms with Crippen molar-refractivity contribution in [1.82, 2.24) is 5.32 Å². The highest BCUT2D eigenvalue weighted by Gasteiger charge is 2.19. The molecular formula is C15H21NO5. The molecule has 1 aromatic carbocycles. The van der Waals surface area contributed by atoms with Gasteiger partial charge >= 0.3 is 5.97 Å². The Bertz CT molecular complexity index is 475. The molecule has 0 fully saturated rings. The van der Waals surface area contributed by atoms with Crippen molar-refractivity contribution in [2.24, 2.45) is 0 Å². The lowest BCUT2D eigenvalue weighted by Crippen LogP contribution is -2.42. The Balaban J connectivity index is 2.54. The highest BCUT2D eigenvalue weighted by molar-refractivity contribution is 5.84. The molecule has 1 amide bonds. The lowest BCUT2D eigenvalue weighted by Gasteiger charge is -2.15. The van der Waals surface area contributed by atoms with Crippen LogP contribution in [-0.2, 0) is 9.59 Å². The first-order valence-corrected chi connectivity index (χ1v) is 6.95. The van der Waals surface area contributed by atoms with Gasteiger partial charge in [-0.25, -0.2) is 4.79 Å². The lowest BCUT2D eigenvalue weighted by atomic mass is 10.2. The van der Waals surface area contributed by atoms with Crippen LogP contribution in [0.4, 0.5) is 0 Å². The number of carboxylic acid groups (broad SMARTS) is 1. The van der Waals surface area contributed by atoms with E-state index in [0.29, 0.717) is 30.9 Å². The number of hydrogen-bond donors (Lipinski definition) is 2. The van der Waals surface area contributed by atoms with Crippen LogP contribution in [0.3, 0.4) is 0 Å². The SMILES string of the molecule is CCCC(NC(=O)COc1ccccc1OCC)C(=O)O. The van der Waals surface area contributed by atoms with E-state index in [-0.39, 0.29) is 6.61 Å². The summed E-state index contributed by atoms with van der Waals surface area (Å²) in [4.78, 5) is 22.7. The van der Waals surface area contributed by atoms with Gasteiger partial charge in [-0.3, -0.25) is 4.79 Å². The lowest BCUT2D eigenvalue weighted by molar-refractivity contribution is -0.142. The van der Waals surface area contributed by atoms with E-state index in [1.165, 1.54) is 0 Å². The first kappa shape index (κ1) is 16.8. The van der Waals surface area contributed by atoms with E-state index < -0.39 is 17.9 Å². The Morgan fingerprint density at radius 1 is 1.19 bits per heavy atom. The summed E-state index contributed by atoms with van der Waals surface area (Å²) in [6.45, 7) is 3.95. The highest BCUT2D eigenvalue weighted by Crippen LogP contribution is 2.26. The van der Waals surface area contributed by atoms with Crippen molar-refractivity contribution >= 4 is 11.9 Å². The zero-order chi connectivity index (χ0) is 15.7. The molecule has 6 nitrogen and oxygen atoms in total. The van der Waals surface area contributed by atoms with E-state index in [2.05, 4.69) is 5.32 Å². The van der Waals surface area contributed by atoms with E-state index in [0.717, 1.165) is 0 Å². The summed E-state index contributed by atoms with van der Waals surface area (Å²) >= 11 is 0. The summed E-state index contributed by atoms with van der Waals surface area (Å²) in [5.41, 5.74) is 0. The van der Waals surface area contributed by atoms with Crippen molar-refractivity contribution < 1.29 is 24.2 Å². The van der Waals surface area contributed by atoms with Crippen molar-refractivity contribution in [2.45, 2.75) is 32.7 Å². The molecule has 0 bridgehead atoms. The topological polar surface area (TPSA) is 84.9 Å². The average molecular weight is 295 g/mol. The number of carbonyl (C=O) groups excluding carboxylic acids is 1. The minimum atomic E-state index is -1.04. The zero-order valence-corrected chi connectivity index (χ0v) is 12.3. The van der Waals surface area contributed by atoms with Crippen LogP contribution in [0.25, 0.3) is 0 Å². The number of benzene rings is 1. The summed E-state index contributed by atoms with van der Waals surface area (Å²) in [6.07, 6.45) is 1.06. The highest BCUT2D eigenvalue weighted by atomic mass is 16.5. The molecule has 1 atom stereocenters. The van der Waals surface area contributed by atoms with Crippen molar-refractivity contribution in [3.05, 3.63) is 24.3 Å². The van der Waals surface area contributed by atoms with Crippen LogP contribution >= 0.6 is 0 Å². The summed E-state index contributed by atoms with van der Waals surface area (Å²) in [6, 6.07) is 6.13. The van der Waals surface area contributed by atoms with E-state index in [1.807, 2.05) is 13.8 Å². The summed E-state index contributed by atoms with van der Waals surface area (Å²) in [5, 5.41) is 11.4. The van der Waals surface area contributed by atoms with Crippen LogP contribution < -0.4 is 14.8 Å². The van der Waals surface area contributed by atoms with E-state index >= 15 is 0 Å². The quantitative estimate of drug-likeness (QED) is 0.726. The number of amides is 1. The van der Waals surface area contributed by atoms with Crippen LogP contribution in [0.1, 0.15) is 26.7 Å². The number of rotatable bonds is 9. The number of ether oxygens (including phenoxy) is 2. The molecular weight excluding hydrogens is 274 g/mol. The number of hydrogen-bond acceptors (Lipinski definition) is 4. The number of carbonyl (C=O) groups is 2. The standard InChI is InChI=1S/C15H21NO5/c1-3-7-11(15(18)19)16-14(17)10-21-13-9-6-5-8-12(13)20-4-2/h5-6,8-9,11H,3-4,7,10H2,1-2H3,(H,16,17)(H,18,19). The second-order valence-electron chi connectivity index (χ2n) is 4.42. The van der Waals surface area contributed by atoms with Gasteiger partial charge in [-0.2, -0.15) is 0 Å². The van der Waals surface area contributed by atoms with Gasteiger partial charge in [-0.15, -0.1) is 0 Å². The molecule has 0 saturated heterocycles. The maximum absolute atomic E-state index is 11.7. The Morgan fingerprint density at radius 2 is 1.81 bits per heavy atom. The van der Waals surface area contributed by atoms with Gasteiger partial charge in [0.1, 0.15) is 6.04 Å². The second-order valence-corrected chi connectivity index (χ2v) is 4.42. The summed E-state index contributed by atoms with van der Waals surface area (Å²) in [5.74, 6) is -0.505. The third-order valence-electron chi connectivity index (χ3n) is 2.72. The molecule has 6 heteroatoms. The number of para-hydroxylation sites is 2. The third-order valence-corrected chi connectivity index (χ3v) is 2.72. The van der Waals surface area contributed by atoms with Crippen molar-refractivity contribution in [1.29, 1.82) is 0 Å². The Morgan fingerprint density at radius 3 is 2.33 bits per heavy atom. The molecule has 0 heterocycles. The molecule has 1 unspecified atom stereocenters. The molecule has 0 aliphatic heterocycles. The number of carboxylic acids is 1. The van der Waals surface area contributed by atoms with Gasteiger partial charge in [0.05, 0.1) is 6.61 Å². The molecule has 116 valence electrons. The van der Waals surface area contributed by atoms with Gasteiger partial charge in [-0.05, 0) is 25.5 Å². The van der Waals surface area contributed by atoms with Crippen LogP contribution in [0.15, 0.2) is 24.3 Å². The maximum atomic E-state index is 11.7. The van der Waals surface area contributed by atoms with Crippen LogP contribution in [0.5, 0.6) is 11.5 Å². The van der Waals surface area contributed by atoms with Crippen molar-refractivity contribution in [3.63, 3.8) is 0 Å². The van der Waals surface area contributed by atoms with E-state index in [1.54, 1.807) is 24.3 Å². The minimum Gasteiger partial charge on any atom is -0.490 e. The molecule has 0 aromatic heterocycles. The summed E-state index contributed by atoms with van der Waals surface area (Å²) < 4.78 is 10.8. The molecule has 2 N–H and O–H groups in total. The Labute approximate surface area is 124 Å². The maximum Gasteiger partial charge on any atom is 0.326 e. The Hall–Kier alpha value is -2.24. The van der Waals surface area contributed by atoms with Crippen molar-refractivity contribution in [2.75, 3.05) is 13.2 Å². The fourth-order valence-corrected chi connectivity index (χ4v) is 1.77. The van der Waals surface area contributed by atoms with Crippen LogP contribution in [-0.4, -0.2) is 36.2 Å². The smallest absolute Gasteiger partial charge is 0.326 e. The van der Waals surface area contributed by atoms with E-state index in [4.69, 9.17) is 14.6 Å². The van der Waals surface area contributed by atoms with Crippen LogP contribution in [0, 0.1) is 0 Å². The number of aliphatic carboxylic acids is 1. The van der Waals surface area contributed by atoms with Crippen molar-refractivity contribution in [3.8, 4) is 11.5 Å². The minimum absolute atomic E-state index is 0.252. The predicted molar refractivity (Wildman–Crippen MR) is 77.6 cm³/mol. The molecule has 0 aliphatic rings. The van der Waals surface area contributed by atoms with Crippen LogP contribution in [0.2, 0.25) is 0 Å². The molecule has 0 radical (unpaired) electrons. The second kappa shape index (κ2) is 8.84. The first-order chi connectivity index (χ1) is 10.1. The summed E-state index contributed by atoms with van der Waals surface area (Å²) in [7, 11) is 0. The fraction of sp³-hybridized carbons (Fsp3) is 0.467. The van der Waals surface area contributed by atoms with Gasteiger partial charge in [-0.1, -0.05) is 25.5 Å². The number of nitrogens with one attached hydrogen (secondary N) is 1. The molecule has 0 spiro atoms. The molecule has 1 rings (SSSR count). The van der Waals surface area contributed by atoms with Gasteiger partial charge in [0.2, 0.25) is 0 Å². The van der Waals surface area contributed by atoms with Gasteiger partial charge < -0.3 is 19.9 Å². The third kappa shape index (κ3) is 5.72. The Kier molecular flexibility index (Phi) is 7.08. The first-order valence-electron chi connectivity index (χ1n) is 6.95. The fourth-order valence-electron chi connectivity index (χ4n) is 1.77. The molecule has 21 heavy (non-hydrogen) atoms. The molecule has 1 aromatic rings. The van der Waals surface area contributed by atoms with Gasteiger partial charge in [0, 0.05) is 0 Å². The predicted octanol–water partition coefficient (Wildman–Crippen LogP) is 1.83. The largest absolute Gasteiger partial charge is 0.490 e. The monoisotopic (exact) mass is 295 g/mol. The molecule has 0 saturated carbocycles.